The van der Waals surface area contributed by atoms with Crippen LogP contribution in [0.5, 0.6) is 0 Å². The van der Waals surface area contributed by atoms with Gasteiger partial charge in [0.25, 0.3) is 0 Å². The summed E-state index contributed by atoms with van der Waals surface area (Å²) < 4.78 is 0. The van der Waals surface area contributed by atoms with E-state index in [9.17, 15) is 0 Å². The maximum absolute atomic E-state index is 0. The van der Waals surface area contributed by atoms with Crippen molar-refractivity contribution in [3.8, 4) is 0 Å². The zero-order valence-electron chi connectivity index (χ0n) is 2.43. The van der Waals surface area contributed by atoms with Crippen LogP contribution in [0.25, 0.3) is 0 Å². The molecule has 0 radical (unpaired) electrons. The van der Waals surface area contributed by atoms with Crippen LogP contribution < -0.4 is 0 Å². The third kappa shape index (κ3) is 67.3. The molecule has 0 N–H and O–H groups in total. The van der Waals surface area contributed by atoms with Gasteiger partial charge in [-0.1, -0.05) is 0 Å². The molecule has 0 aromatic carbocycles. The van der Waals surface area contributed by atoms with Gasteiger partial charge in [0.1, 0.15) is 0 Å². The Bertz CT molecular complexity index is 6.85. The van der Waals surface area contributed by atoms with E-state index >= 15 is 0 Å². The van der Waals surface area contributed by atoms with Crippen molar-refractivity contribution in [2.45, 2.75) is 0 Å². The van der Waals surface area contributed by atoms with Crippen molar-refractivity contribution in [1.82, 2.24) is 0 Å². The van der Waals surface area contributed by atoms with Crippen LogP contribution in [0.15, 0.2) is 0 Å². The molecule has 0 spiro atoms. The first-order valence-corrected chi connectivity index (χ1v) is 0. The van der Waals surface area contributed by atoms with Gasteiger partial charge in [0, 0.05) is 0 Å². The first kappa shape index (κ1) is 246. The molecule has 0 heterocycles. The van der Waals surface area contributed by atoms with Crippen molar-refractivity contribution in [3.63, 3.8) is 0 Å². The third-order valence-corrected chi connectivity index (χ3v) is 0. The monoisotopic (exact) mass is 140 g/mol. The summed E-state index contributed by atoms with van der Waals surface area (Å²) in [6, 6.07) is 0. The molecule has 0 bridgehead atoms. The Hall–Kier alpha value is 0.720. The Labute approximate surface area is 47.5 Å². The van der Waals surface area contributed by atoms with Crippen LogP contribution in [0.1, 0.15) is 0 Å². The molecule has 0 amide bonds. The number of hydrogen-bond donors (Lipinski definition) is 0. The second-order valence-corrected chi connectivity index (χ2v) is 0. The molecule has 0 fully saturated rings. The molecule has 0 saturated carbocycles. The predicted molar refractivity (Wildman–Crippen MR) is 7.81 cm³/mol. The van der Waals surface area contributed by atoms with E-state index in [-0.39, 0.29) is 46.9 Å². The first-order chi connectivity index (χ1) is 0. The number of hydrogen-bond acceptors (Lipinski definition) is 0. The van der Waals surface area contributed by atoms with Crippen molar-refractivity contribution in [2.24, 2.45) is 0 Å². The molecule has 3 nitrogen and oxygen atoms in total. The SMILES string of the molecule is [O-2].[O-2].[O-2].[Si+4].[Zn+2]. The van der Waals surface area contributed by atoms with E-state index in [1.807, 2.05) is 0 Å². The average molecular weight is 141 g/mol. The Kier molecular flexibility index (Phi) is 6190. The molecule has 0 saturated heterocycles. The topological polar surface area (TPSA) is 85.5 Å². The van der Waals surface area contributed by atoms with E-state index in [4.69, 9.17) is 0 Å². The molecule has 0 rings (SSSR count). The van der Waals surface area contributed by atoms with Crippen molar-refractivity contribution < 1.29 is 35.9 Å². The molecule has 0 unspecified atom stereocenters. The molecule has 0 aliphatic carbocycles. The van der Waals surface area contributed by atoms with E-state index in [0.717, 1.165) is 0 Å². The fourth-order valence-corrected chi connectivity index (χ4v) is 0. The van der Waals surface area contributed by atoms with Gasteiger partial charge >= 0.3 is 30.4 Å². The van der Waals surface area contributed by atoms with E-state index < -0.39 is 0 Å². The molecule has 0 atom stereocenters. The molecule has 0 aliphatic rings. The Morgan fingerprint density at radius 1 is 0.600 bits per heavy atom. The summed E-state index contributed by atoms with van der Waals surface area (Å²) in [6.07, 6.45) is 0. The van der Waals surface area contributed by atoms with Gasteiger partial charge in [0.15, 0.2) is 0 Å². The van der Waals surface area contributed by atoms with E-state index in [0.29, 0.717) is 0 Å². The summed E-state index contributed by atoms with van der Waals surface area (Å²) in [4.78, 5) is 0. The van der Waals surface area contributed by atoms with Gasteiger partial charge in [0.2, 0.25) is 0 Å². The fraction of sp³-hybridized carbons (Fsp3) is 0. The van der Waals surface area contributed by atoms with Gasteiger partial charge < -0.3 is 16.4 Å². The molecule has 0 aromatic heterocycles. The summed E-state index contributed by atoms with van der Waals surface area (Å²) in [5, 5.41) is 0. The molecule has 24 valence electrons. The van der Waals surface area contributed by atoms with Gasteiger partial charge in [-0.25, -0.2) is 0 Å². The molecule has 5 heteroatoms. The van der Waals surface area contributed by atoms with Crippen molar-refractivity contribution in [3.05, 3.63) is 0 Å². The van der Waals surface area contributed by atoms with Gasteiger partial charge in [-0.15, -0.1) is 0 Å². The largest absolute Gasteiger partial charge is 4.00 e. The average Bonchev–Trinajstić information content (AvgIpc) is 0. The summed E-state index contributed by atoms with van der Waals surface area (Å²) in [5.41, 5.74) is 0. The summed E-state index contributed by atoms with van der Waals surface area (Å²) in [6.45, 7) is 0. The quantitative estimate of drug-likeness (QED) is 0.398. The second kappa shape index (κ2) is 126. The van der Waals surface area contributed by atoms with Crippen LogP contribution in [0.3, 0.4) is 0 Å². The van der Waals surface area contributed by atoms with E-state index in [1.165, 1.54) is 0 Å². The maximum Gasteiger partial charge on any atom is 4.00 e. The normalized spacial score (nSPS) is 0. The molecular weight excluding hydrogens is 141 g/mol. The molecule has 0 aliphatic heterocycles. The molecule has 0 aromatic rings. The van der Waals surface area contributed by atoms with Crippen LogP contribution in [-0.2, 0) is 35.9 Å². The van der Waals surface area contributed by atoms with Crippen LogP contribution in [0, 0.1) is 0 Å². The Morgan fingerprint density at radius 2 is 0.600 bits per heavy atom. The fourth-order valence-electron chi connectivity index (χ4n) is 0. The van der Waals surface area contributed by atoms with Crippen LogP contribution >= 0.6 is 0 Å². The Morgan fingerprint density at radius 3 is 0.600 bits per heavy atom. The van der Waals surface area contributed by atoms with Gasteiger partial charge in [0.05, 0.1) is 0 Å². The van der Waals surface area contributed by atoms with Crippen LogP contribution in [0.2, 0.25) is 0 Å². The summed E-state index contributed by atoms with van der Waals surface area (Å²) in [7, 11) is 0. The van der Waals surface area contributed by atoms with Crippen LogP contribution in [0.4, 0.5) is 0 Å². The van der Waals surface area contributed by atoms with E-state index in [2.05, 4.69) is 0 Å². The molecular formula is O3SiZn. The standard InChI is InChI=1S/3O.Si.Zn/q3*-2;+4;+2. The first-order valence-electron chi connectivity index (χ1n) is 0. The van der Waals surface area contributed by atoms with Gasteiger partial charge in [-0.05, 0) is 0 Å². The second-order valence-electron chi connectivity index (χ2n) is 0. The Balaban J connectivity index is 0. The summed E-state index contributed by atoms with van der Waals surface area (Å²) >= 11 is 0. The zero-order chi connectivity index (χ0) is 0. The van der Waals surface area contributed by atoms with E-state index in [1.54, 1.807) is 0 Å². The molecule has 5 heavy (non-hydrogen) atoms. The third-order valence-electron chi connectivity index (χ3n) is 0. The van der Waals surface area contributed by atoms with Crippen LogP contribution in [-0.4, -0.2) is 11.0 Å². The van der Waals surface area contributed by atoms with Crippen molar-refractivity contribution in [1.29, 1.82) is 0 Å². The van der Waals surface area contributed by atoms with Crippen molar-refractivity contribution in [2.75, 3.05) is 0 Å². The van der Waals surface area contributed by atoms with Gasteiger partial charge in [-0.2, -0.15) is 0 Å². The minimum atomic E-state index is 0. The minimum Gasteiger partial charge on any atom is -2.00 e. The van der Waals surface area contributed by atoms with Crippen molar-refractivity contribution >= 4 is 11.0 Å². The predicted octanol–water partition coefficient (Wildman–Crippen LogP) is -0.740. The van der Waals surface area contributed by atoms with Gasteiger partial charge in [-0.3, -0.25) is 0 Å². The summed E-state index contributed by atoms with van der Waals surface area (Å²) in [5.74, 6) is 0. The maximum atomic E-state index is 0. The zero-order valence-corrected chi connectivity index (χ0v) is 6.40. The minimum absolute atomic E-state index is 0. The number of rotatable bonds is 0. The smallest absolute Gasteiger partial charge is 2.00 e.